The summed E-state index contributed by atoms with van der Waals surface area (Å²) in [5.74, 6) is -1.72. The third-order valence-corrected chi connectivity index (χ3v) is 2.09. The molecule has 1 heterocycles. The number of allylic oxidation sites excluding steroid dienone is 2. The Morgan fingerprint density at radius 2 is 2.31 bits per heavy atom. The van der Waals surface area contributed by atoms with Gasteiger partial charge < -0.3 is 20.4 Å². The van der Waals surface area contributed by atoms with E-state index in [9.17, 15) is 9.59 Å². The molecule has 1 atom stereocenters. The number of aliphatic carboxylic acids is 1. The first-order valence-corrected chi connectivity index (χ1v) is 4.77. The summed E-state index contributed by atoms with van der Waals surface area (Å²) in [6, 6.07) is 0. The Morgan fingerprint density at radius 3 is 2.88 bits per heavy atom. The molecule has 6 nitrogen and oxygen atoms in total. The maximum Gasteiger partial charge on any atom is 0.334 e. The number of carboxylic acids is 1. The van der Waals surface area contributed by atoms with Gasteiger partial charge in [0.2, 0.25) is 5.91 Å². The molecule has 6 heteroatoms. The Labute approximate surface area is 92.9 Å². The van der Waals surface area contributed by atoms with Crippen LogP contribution in [-0.2, 0) is 9.59 Å². The lowest BCUT2D eigenvalue weighted by Gasteiger charge is -2.19. The van der Waals surface area contributed by atoms with Gasteiger partial charge in [0.05, 0.1) is 6.54 Å². The van der Waals surface area contributed by atoms with E-state index >= 15 is 0 Å². The van der Waals surface area contributed by atoms with Gasteiger partial charge in [-0.2, -0.15) is 0 Å². The smallest absolute Gasteiger partial charge is 0.334 e. The lowest BCUT2D eigenvalue weighted by Crippen LogP contribution is -2.38. The topological polar surface area (TPSA) is 89.9 Å². The summed E-state index contributed by atoms with van der Waals surface area (Å²) >= 11 is 0. The first kappa shape index (κ1) is 12.3. The molecule has 0 aromatic carbocycles. The van der Waals surface area contributed by atoms with Gasteiger partial charge in [-0.3, -0.25) is 4.79 Å². The molecule has 0 spiro atoms. The first-order valence-electron chi connectivity index (χ1n) is 4.77. The molecule has 0 saturated heterocycles. The fraction of sp³-hybridized carbons (Fsp3) is 0.400. The van der Waals surface area contributed by atoms with Crippen LogP contribution in [0, 0.1) is 0 Å². The van der Waals surface area contributed by atoms with Crippen LogP contribution >= 0.6 is 0 Å². The van der Waals surface area contributed by atoms with E-state index in [0.29, 0.717) is 12.1 Å². The van der Waals surface area contributed by atoms with Gasteiger partial charge >= 0.3 is 5.97 Å². The fourth-order valence-corrected chi connectivity index (χ4v) is 1.22. The Bertz CT molecular complexity index is 349. The Hall–Kier alpha value is -1.82. The third-order valence-electron chi connectivity index (χ3n) is 2.09. The lowest BCUT2D eigenvalue weighted by molar-refractivity contribution is -0.146. The number of rotatable bonds is 4. The molecule has 1 aliphatic heterocycles. The summed E-state index contributed by atoms with van der Waals surface area (Å²) in [7, 11) is 1.82. The van der Waals surface area contributed by atoms with Crippen LogP contribution in [0.4, 0.5) is 0 Å². The van der Waals surface area contributed by atoms with Crippen molar-refractivity contribution >= 4 is 11.9 Å². The maximum atomic E-state index is 11.5. The van der Waals surface area contributed by atoms with Gasteiger partial charge in [-0.1, -0.05) is 6.08 Å². The zero-order chi connectivity index (χ0) is 12.1. The van der Waals surface area contributed by atoms with Gasteiger partial charge in [0.15, 0.2) is 6.10 Å². The van der Waals surface area contributed by atoms with E-state index in [1.807, 2.05) is 18.1 Å². The number of carbonyl (C=O) groups is 2. The molecular weight excluding hydrogens is 212 g/mol. The molecule has 1 amide bonds. The van der Waals surface area contributed by atoms with E-state index in [2.05, 4.69) is 5.32 Å². The second kappa shape index (κ2) is 5.32. The highest BCUT2D eigenvalue weighted by atomic mass is 16.4. The van der Waals surface area contributed by atoms with Crippen molar-refractivity contribution in [2.24, 2.45) is 0 Å². The highest BCUT2D eigenvalue weighted by Crippen LogP contribution is 2.04. The number of hydrogen-bond donors (Lipinski definition) is 3. The normalized spacial score (nSPS) is 16.6. The van der Waals surface area contributed by atoms with Gasteiger partial charge in [-0.05, 0) is 12.3 Å². The van der Waals surface area contributed by atoms with Gasteiger partial charge in [-0.25, -0.2) is 4.79 Å². The number of nitrogens with one attached hydrogen (secondary N) is 1. The van der Waals surface area contributed by atoms with Crippen LogP contribution in [0.15, 0.2) is 23.9 Å². The number of likely N-dealkylation sites (N-methyl/N-ethyl adjacent to an activating group) is 1. The van der Waals surface area contributed by atoms with Crippen molar-refractivity contribution in [1.29, 1.82) is 0 Å². The van der Waals surface area contributed by atoms with E-state index in [0.717, 1.165) is 0 Å². The van der Waals surface area contributed by atoms with Crippen molar-refractivity contribution in [2.45, 2.75) is 6.10 Å². The molecule has 0 bridgehead atoms. The molecule has 0 fully saturated rings. The fourth-order valence-electron chi connectivity index (χ4n) is 1.22. The van der Waals surface area contributed by atoms with Crippen LogP contribution in [0.5, 0.6) is 0 Å². The minimum Gasteiger partial charge on any atom is -0.479 e. The van der Waals surface area contributed by atoms with Gasteiger partial charge in [0.25, 0.3) is 0 Å². The van der Waals surface area contributed by atoms with Crippen molar-refractivity contribution in [3.8, 4) is 0 Å². The zero-order valence-corrected chi connectivity index (χ0v) is 8.88. The Morgan fingerprint density at radius 1 is 1.62 bits per heavy atom. The number of hydrogen-bond acceptors (Lipinski definition) is 4. The van der Waals surface area contributed by atoms with E-state index in [-0.39, 0.29) is 12.5 Å². The van der Waals surface area contributed by atoms with E-state index < -0.39 is 12.1 Å². The maximum absolute atomic E-state index is 11.5. The third kappa shape index (κ3) is 3.39. The molecule has 0 aromatic rings. The van der Waals surface area contributed by atoms with Crippen molar-refractivity contribution in [3.05, 3.63) is 23.9 Å². The summed E-state index contributed by atoms with van der Waals surface area (Å²) in [5.41, 5.74) is 0.530. The van der Waals surface area contributed by atoms with E-state index in [1.54, 1.807) is 12.2 Å². The quantitative estimate of drug-likeness (QED) is 0.568. The average molecular weight is 226 g/mol. The van der Waals surface area contributed by atoms with Gasteiger partial charge in [0, 0.05) is 19.2 Å². The van der Waals surface area contributed by atoms with Crippen molar-refractivity contribution < 1.29 is 19.8 Å². The van der Waals surface area contributed by atoms with Crippen LogP contribution in [0.3, 0.4) is 0 Å². The van der Waals surface area contributed by atoms with E-state index in [1.165, 1.54) is 0 Å². The first-order chi connectivity index (χ1) is 7.50. The summed E-state index contributed by atoms with van der Waals surface area (Å²) in [4.78, 5) is 23.7. The van der Waals surface area contributed by atoms with Crippen LogP contribution in [0.25, 0.3) is 0 Å². The molecular formula is C10H14N2O4. The molecule has 16 heavy (non-hydrogen) atoms. The predicted molar refractivity (Wildman–Crippen MR) is 56.5 cm³/mol. The molecule has 88 valence electrons. The van der Waals surface area contributed by atoms with Crippen molar-refractivity contribution in [2.75, 3.05) is 20.1 Å². The molecule has 1 unspecified atom stereocenters. The van der Waals surface area contributed by atoms with E-state index in [4.69, 9.17) is 10.2 Å². The zero-order valence-electron chi connectivity index (χ0n) is 8.88. The predicted octanol–water partition coefficient (Wildman–Crippen LogP) is -1.07. The minimum absolute atomic E-state index is 0.293. The number of carbonyl (C=O) groups excluding carboxylic acids is 1. The summed E-state index contributed by atoms with van der Waals surface area (Å²) in [6.07, 6.45) is 3.64. The molecule has 0 aliphatic carbocycles. The highest BCUT2D eigenvalue weighted by molar-refractivity contribution is 5.94. The molecule has 0 radical (unpaired) electrons. The highest BCUT2D eigenvalue weighted by Gasteiger charge is 2.17. The number of nitrogens with zero attached hydrogens (tertiary/aromatic N) is 1. The van der Waals surface area contributed by atoms with Crippen molar-refractivity contribution in [3.63, 3.8) is 0 Å². The van der Waals surface area contributed by atoms with Crippen LogP contribution in [0.1, 0.15) is 0 Å². The number of aliphatic hydroxyl groups is 1. The second-order valence-electron chi connectivity index (χ2n) is 3.51. The van der Waals surface area contributed by atoms with Crippen LogP contribution in [-0.4, -0.2) is 53.2 Å². The van der Waals surface area contributed by atoms with Gasteiger partial charge in [0.1, 0.15) is 0 Å². The largest absolute Gasteiger partial charge is 0.479 e. The second-order valence-corrected chi connectivity index (χ2v) is 3.51. The van der Waals surface area contributed by atoms with Gasteiger partial charge in [-0.15, -0.1) is 0 Å². The molecule has 0 aromatic heterocycles. The molecule has 1 aliphatic rings. The Kier molecular flexibility index (Phi) is 4.07. The minimum atomic E-state index is -1.57. The number of amides is 1. The summed E-state index contributed by atoms with van der Waals surface area (Å²) in [6.45, 7) is 0.171. The number of aliphatic hydroxyl groups excluding tert-OH is 1. The SMILES string of the molecule is CN1C=CC=C(C(=O)NCC(O)C(=O)O)C1. The Balaban J connectivity index is 2.44. The molecule has 0 saturated carbocycles. The standard InChI is InChI=1S/C10H14N2O4/c1-12-4-2-3-7(6-12)9(14)11-5-8(13)10(15)16/h2-4,8,13H,5-6H2,1H3,(H,11,14)(H,15,16). The monoisotopic (exact) mass is 226 g/mol. The lowest BCUT2D eigenvalue weighted by atomic mass is 10.1. The summed E-state index contributed by atoms with van der Waals surface area (Å²) < 4.78 is 0. The average Bonchev–Trinajstić information content (AvgIpc) is 2.25. The molecule has 1 rings (SSSR count). The van der Waals surface area contributed by atoms with Crippen molar-refractivity contribution in [1.82, 2.24) is 10.2 Å². The van der Waals surface area contributed by atoms with Crippen LogP contribution < -0.4 is 5.32 Å². The summed E-state index contributed by atoms with van der Waals surface area (Å²) in [5, 5.41) is 19.7. The molecule has 3 N–H and O–H groups in total. The van der Waals surface area contributed by atoms with Crippen LogP contribution in [0.2, 0.25) is 0 Å². The number of carboxylic acid groups (broad SMARTS) is 1.